The lowest BCUT2D eigenvalue weighted by atomic mass is 10.0. The third-order valence-corrected chi connectivity index (χ3v) is 3.15. The van der Waals surface area contributed by atoms with Gasteiger partial charge in [0.15, 0.2) is 0 Å². The number of phenols is 1. The number of amides is 1. The molecule has 0 fully saturated rings. The average molecular weight is 323 g/mol. The van der Waals surface area contributed by atoms with Crippen LogP contribution in [-0.4, -0.2) is 44.9 Å². The molecular weight excluding hydrogens is 298 g/mol. The van der Waals surface area contributed by atoms with Gasteiger partial charge < -0.3 is 14.9 Å². The minimum atomic E-state index is -1.10. The summed E-state index contributed by atoms with van der Waals surface area (Å²) in [4.78, 5) is 25.3. The van der Waals surface area contributed by atoms with Crippen LogP contribution in [0.5, 0.6) is 5.75 Å². The fraction of sp³-hybridized carbons (Fsp3) is 0.529. The van der Waals surface area contributed by atoms with E-state index in [9.17, 15) is 19.8 Å². The third-order valence-electron chi connectivity index (χ3n) is 3.15. The Labute approximate surface area is 136 Å². The van der Waals surface area contributed by atoms with E-state index >= 15 is 0 Å². The number of hydrogen-bond donors (Lipinski definition) is 2. The summed E-state index contributed by atoms with van der Waals surface area (Å²) in [5.74, 6) is -0.994. The first-order valence-corrected chi connectivity index (χ1v) is 7.53. The summed E-state index contributed by atoms with van der Waals surface area (Å²) in [5, 5.41) is 18.9. The Kier molecular flexibility index (Phi) is 6.01. The molecule has 0 aromatic heterocycles. The van der Waals surface area contributed by atoms with Crippen LogP contribution in [-0.2, 0) is 16.0 Å². The van der Waals surface area contributed by atoms with Crippen molar-refractivity contribution in [3.8, 4) is 5.75 Å². The molecule has 23 heavy (non-hydrogen) atoms. The van der Waals surface area contributed by atoms with Crippen molar-refractivity contribution in [3.05, 3.63) is 29.8 Å². The Hall–Kier alpha value is -2.24. The third kappa shape index (κ3) is 5.81. The van der Waals surface area contributed by atoms with Gasteiger partial charge in [-0.05, 0) is 52.3 Å². The molecule has 1 aromatic carbocycles. The monoisotopic (exact) mass is 323 g/mol. The number of phenolic OH excluding ortho intramolecular Hbond substituents is 1. The standard InChI is InChI=1S/C17H25NO5/c1-11(2)18(16(22)23-17(3,4)5)14(15(20)21)10-12-6-8-13(19)9-7-12/h6-9,11,14,19H,10H2,1-5H3,(H,20,21). The number of carbonyl (C=O) groups is 2. The van der Waals surface area contributed by atoms with Crippen LogP contribution in [0.4, 0.5) is 4.79 Å². The lowest BCUT2D eigenvalue weighted by Gasteiger charge is -2.34. The number of ether oxygens (including phenoxy) is 1. The SMILES string of the molecule is CC(C)N(C(=O)OC(C)(C)C)C(Cc1ccc(O)cc1)C(=O)O. The van der Waals surface area contributed by atoms with Gasteiger partial charge in [0.2, 0.25) is 0 Å². The number of aromatic hydroxyl groups is 1. The zero-order valence-electron chi connectivity index (χ0n) is 14.2. The lowest BCUT2D eigenvalue weighted by Crippen LogP contribution is -2.51. The molecule has 0 aliphatic rings. The van der Waals surface area contributed by atoms with Crippen LogP contribution in [0.2, 0.25) is 0 Å². The smallest absolute Gasteiger partial charge is 0.411 e. The molecule has 0 spiro atoms. The molecule has 0 aliphatic carbocycles. The van der Waals surface area contributed by atoms with Crippen molar-refractivity contribution in [2.24, 2.45) is 0 Å². The first kappa shape index (κ1) is 18.8. The molecule has 0 saturated heterocycles. The highest BCUT2D eigenvalue weighted by molar-refractivity contribution is 5.80. The number of aliphatic carboxylic acids is 1. The van der Waals surface area contributed by atoms with Gasteiger partial charge in [0.25, 0.3) is 0 Å². The van der Waals surface area contributed by atoms with Crippen LogP contribution in [0.25, 0.3) is 0 Å². The Morgan fingerprint density at radius 1 is 1.17 bits per heavy atom. The van der Waals surface area contributed by atoms with Gasteiger partial charge in [-0.15, -0.1) is 0 Å². The van der Waals surface area contributed by atoms with E-state index in [1.165, 1.54) is 17.0 Å². The zero-order chi connectivity index (χ0) is 17.8. The van der Waals surface area contributed by atoms with E-state index in [0.29, 0.717) is 5.56 Å². The van der Waals surface area contributed by atoms with Crippen LogP contribution in [0, 0.1) is 0 Å². The highest BCUT2D eigenvalue weighted by Crippen LogP contribution is 2.19. The Bertz CT molecular complexity index is 545. The quantitative estimate of drug-likeness (QED) is 0.869. The van der Waals surface area contributed by atoms with Crippen LogP contribution in [0.1, 0.15) is 40.2 Å². The molecule has 6 nitrogen and oxygen atoms in total. The molecule has 0 saturated carbocycles. The zero-order valence-corrected chi connectivity index (χ0v) is 14.2. The molecule has 0 aliphatic heterocycles. The molecule has 0 bridgehead atoms. The molecule has 1 atom stereocenters. The maximum atomic E-state index is 12.4. The van der Waals surface area contributed by atoms with Gasteiger partial charge in [0, 0.05) is 12.5 Å². The summed E-state index contributed by atoms with van der Waals surface area (Å²) in [6.07, 6.45) is -0.522. The fourth-order valence-electron chi connectivity index (χ4n) is 2.17. The second kappa shape index (κ2) is 7.35. The summed E-state index contributed by atoms with van der Waals surface area (Å²) >= 11 is 0. The van der Waals surface area contributed by atoms with E-state index in [4.69, 9.17) is 4.74 Å². The van der Waals surface area contributed by atoms with Crippen LogP contribution in [0.15, 0.2) is 24.3 Å². The van der Waals surface area contributed by atoms with Crippen molar-refractivity contribution < 1.29 is 24.5 Å². The van der Waals surface area contributed by atoms with E-state index < -0.39 is 23.7 Å². The lowest BCUT2D eigenvalue weighted by molar-refractivity contribution is -0.143. The number of benzene rings is 1. The highest BCUT2D eigenvalue weighted by Gasteiger charge is 2.34. The van der Waals surface area contributed by atoms with Crippen LogP contribution in [0.3, 0.4) is 0 Å². The molecule has 128 valence electrons. The summed E-state index contributed by atoms with van der Waals surface area (Å²) in [5.41, 5.74) is 0.00985. The van der Waals surface area contributed by atoms with E-state index in [0.717, 1.165) is 0 Å². The Balaban J connectivity index is 3.04. The van der Waals surface area contributed by atoms with Crippen molar-refractivity contribution >= 4 is 12.1 Å². The maximum Gasteiger partial charge on any atom is 0.411 e. The van der Waals surface area contributed by atoms with Gasteiger partial charge in [-0.1, -0.05) is 12.1 Å². The molecular formula is C17H25NO5. The normalized spacial score (nSPS) is 12.8. The molecule has 1 amide bonds. The molecule has 2 N–H and O–H groups in total. The van der Waals surface area contributed by atoms with E-state index in [1.807, 2.05) is 0 Å². The van der Waals surface area contributed by atoms with Crippen LogP contribution < -0.4 is 0 Å². The Morgan fingerprint density at radius 3 is 2.09 bits per heavy atom. The molecule has 1 unspecified atom stereocenters. The second-order valence-electron chi connectivity index (χ2n) is 6.71. The number of hydrogen-bond acceptors (Lipinski definition) is 4. The van der Waals surface area contributed by atoms with Crippen molar-refractivity contribution in [1.82, 2.24) is 4.90 Å². The van der Waals surface area contributed by atoms with Gasteiger partial charge in [-0.25, -0.2) is 9.59 Å². The first-order valence-electron chi connectivity index (χ1n) is 7.53. The summed E-state index contributed by atoms with van der Waals surface area (Å²) < 4.78 is 5.33. The topological polar surface area (TPSA) is 87.1 Å². The largest absolute Gasteiger partial charge is 0.508 e. The number of carboxylic acid groups (broad SMARTS) is 1. The first-order chi connectivity index (χ1) is 10.5. The van der Waals surface area contributed by atoms with Crippen LogP contribution >= 0.6 is 0 Å². The summed E-state index contributed by atoms with van der Waals surface area (Å²) in [6, 6.07) is 4.87. The Morgan fingerprint density at radius 2 is 1.70 bits per heavy atom. The number of nitrogens with zero attached hydrogens (tertiary/aromatic N) is 1. The second-order valence-corrected chi connectivity index (χ2v) is 6.71. The predicted molar refractivity (Wildman–Crippen MR) is 86.4 cm³/mol. The maximum absolute atomic E-state index is 12.4. The van der Waals surface area contributed by atoms with Gasteiger partial charge in [-0.2, -0.15) is 0 Å². The van der Waals surface area contributed by atoms with Crippen molar-refractivity contribution in [2.75, 3.05) is 0 Å². The van der Waals surface area contributed by atoms with Gasteiger partial charge in [0.1, 0.15) is 17.4 Å². The van der Waals surface area contributed by atoms with Crippen molar-refractivity contribution in [2.45, 2.75) is 58.7 Å². The number of rotatable bonds is 5. The fourth-order valence-corrected chi connectivity index (χ4v) is 2.17. The molecule has 1 rings (SSSR count). The molecule has 0 heterocycles. The van der Waals surface area contributed by atoms with Crippen molar-refractivity contribution in [1.29, 1.82) is 0 Å². The van der Waals surface area contributed by atoms with E-state index in [1.54, 1.807) is 46.8 Å². The average Bonchev–Trinajstić information content (AvgIpc) is 2.37. The van der Waals surface area contributed by atoms with Crippen molar-refractivity contribution in [3.63, 3.8) is 0 Å². The number of carboxylic acids is 1. The van der Waals surface area contributed by atoms with Gasteiger partial charge in [0.05, 0.1) is 0 Å². The van der Waals surface area contributed by atoms with E-state index in [2.05, 4.69) is 0 Å². The van der Waals surface area contributed by atoms with E-state index in [-0.39, 0.29) is 18.2 Å². The van der Waals surface area contributed by atoms with Gasteiger partial charge >= 0.3 is 12.1 Å². The van der Waals surface area contributed by atoms with Gasteiger partial charge in [-0.3, -0.25) is 4.90 Å². The molecule has 0 radical (unpaired) electrons. The molecule has 1 aromatic rings. The minimum absolute atomic E-state index is 0.105. The highest BCUT2D eigenvalue weighted by atomic mass is 16.6. The molecule has 6 heteroatoms. The number of carbonyl (C=O) groups excluding carboxylic acids is 1. The minimum Gasteiger partial charge on any atom is -0.508 e. The summed E-state index contributed by atoms with van der Waals surface area (Å²) in [7, 11) is 0. The predicted octanol–water partition coefficient (Wildman–Crippen LogP) is 3.03. The summed E-state index contributed by atoms with van der Waals surface area (Å²) in [6.45, 7) is 8.70.